The van der Waals surface area contributed by atoms with Crippen molar-refractivity contribution in [1.82, 2.24) is 4.90 Å². The van der Waals surface area contributed by atoms with E-state index >= 15 is 0 Å². The van der Waals surface area contributed by atoms with Crippen LogP contribution in [-0.2, 0) is 9.59 Å². The summed E-state index contributed by atoms with van der Waals surface area (Å²) in [5.74, 6) is -0.643. The first kappa shape index (κ1) is 14.5. The molecule has 1 amide bonds. The van der Waals surface area contributed by atoms with Gasteiger partial charge in [-0.1, -0.05) is 18.2 Å². The second kappa shape index (κ2) is 6.52. The summed E-state index contributed by atoms with van der Waals surface area (Å²) in [5, 5.41) is 11.7. The molecule has 0 spiro atoms. The van der Waals surface area contributed by atoms with Crippen molar-refractivity contribution < 1.29 is 14.7 Å². The second-order valence-corrected chi connectivity index (χ2v) is 5.35. The molecule has 5 nitrogen and oxygen atoms in total. The maximum atomic E-state index is 12.0. The number of carbonyl (C=O) groups excluding carboxylic acids is 1. The maximum absolute atomic E-state index is 12.0. The molecule has 1 aromatic rings. The maximum Gasteiger partial charge on any atom is 0.303 e. The first-order valence-electron chi connectivity index (χ1n) is 6.84. The first-order valence-corrected chi connectivity index (χ1v) is 6.84. The summed E-state index contributed by atoms with van der Waals surface area (Å²) < 4.78 is 0. The molecule has 0 aromatic heterocycles. The van der Waals surface area contributed by atoms with E-state index < -0.39 is 5.97 Å². The highest BCUT2D eigenvalue weighted by molar-refractivity contribution is 5.92. The van der Waals surface area contributed by atoms with E-state index in [1.54, 1.807) is 0 Å². The molecule has 1 aliphatic rings. The fourth-order valence-electron chi connectivity index (χ4n) is 2.58. The van der Waals surface area contributed by atoms with Crippen molar-refractivity contribution in [3.05, 3.63) is 29.8 Å². The molecule has 1 unspecified atom stereocenters. The molecule has 2 N–H and O–H groups in total. The summed E-state index contributed by atoms with van der Waals surface area (Å²) in [6.07, 6.45) is 1.04. The number of hydrogen-bond donors (Lipinski definition) is 2. The van der Waals surface area contributed by atoms with Gasteiger partial charge in [0.2, 0.25) is 5.91 Å². The number of hydrogen-bond acceptors (Lipinski definition) is 3. The van der Waals surface area contributed by atoms with Crippen LogP contribution < -0.4 is 5.32 Å². The van der Waals surface area contributed by atoms with Crippen molar-refractivity contribution >= 4 is 17.6 Å². The average molecular weight is 276 g/mol. The number of nitrogens with zero attached hydrogens (tertiary/aromatic N) is 1. The molecule has 0 radical (unpaired) electrons. The number of aliphatic carboxylic acids is 1. The number of likely N-dealkylation sites (tertiary alicyclic amines) is 1. The number of nitrogens with one attached hydrogen (secondary N) is 1. The molecule has 5 heteroatoms. The van der Waals surface area contributed by atoms with Crippen LogP contribution in [0.4, 0.5) is 5.69 Å². The Morgan fingerprint density at radius 3 is 2.85 bits per heavy atom. The second-order valence-electron chi connectivity index (χ2n) is 5.35. The van der Waals surface area contributed by atoms with Gasteiger partial charge < -0.3 is 10.4 Å². The lowest BCUT2D eigenvalue weighted by molar-refractivity contribution is -0.138. The number of anilines is 1. The van der Waals surface area contributed by atoms with Crippen LogP contribution in [0.2, 0.25) is 0 Å². The fraction of sp³-hybridized carbons (Fsp3) is 0.467. The zero-order valence-electron chi connectivity index (χ0n) is 11.6. The standard InChI is InChI=1S/C15H20N2O3/c1-11-4-2-3-5-13(11)16-14(18)10-17-7-6-12(9-17)8-15(19)20/h2-5,12H,6-10H2,1H3,(H,16,18)(H,19,20). The topological polar surface area (TPSA) is 69.6 Å². The zero-order valence-corrected chi connectivity index (χ0v) is 11.6. The third-order valence-corrected chi connectivity index (χ3v) is 3.62. The van der Waals surface area contributed by atoms with Gasteiger partial charge in [-0.15, -0.1) is 0 Å². The van der Waals surface area contributed by atoms with Gasteiger partial charge in [-0.05, 0) is 37.4 Å². The van der Waals surface area contributed by atoms with Gasteiger partial charge in [0, 0.05) is 18.7 Å². The highest BCUT2D eigenvalue weighted by atomic mass is 16.4. The summed E-state index contributed by atoms with van der Waals surface area (Å²) >= 11 is 0. The summed E-state index contributed by atoms with van der Waals surface area (Å²) in [4.78, 5) is 24.7. The smallest absolute Gasteiger partial charge is 0.303 e. The molecule has 108 valence electrons. The van der Waals surface area contributed by atoms with Gasteiger partial charge in [0.1, 0.15) is 0 Å². The third kappa shape index (κ3) is 4.06. The molecule has 2 rings (SSSR count). The minimum Gasteiger partial charge on any atom is -0.481 e. The van der Waals surface area contributed by atoms with E-state index in [1.165, 1.54) is 0 Å². The van der Waals surface area contributed by atoms with Gasteiger partial charge in [-0.2, -0.15) is 0 Å². The zero-order chi connectivity index (χ0) is 14.5. The van der Waals surface area contributed by atoms with Gasteiger partial charge in [0.05, 0.1) is 6.54 Å². The van der Waals surface area contributed by atoms with Crippen molar-refractivity contribution in [2.45, 2.75) is 19.8 Å². The Balaban J connectivity index is 1.81. The summed E-state index contributed by atoms with van der Waals surface area (Å²) in [5.41, 5.74) is 1.87. The Bertz CT molecular complexity index is 502. The highest BCUT2D eigenvalue weighted by Gasteiger charge is 2.25. The van der Waals surface area contributed by atoms with Gasteiger partial charge in [-0.25, -0.2) is 0 Å². The number of rotatable bonds is 5. The van der Waals surface area contributed by atoms with Crippen molar-refractivity contribution in [2.75, 3.05) is 25.0 Å². The molecule has 1 atom stereocenters. The Kier molecular flexibility index (Phi) is 4.74. The van der Waals surface area contributed by atoms with Crippen molar-refractivity contribution in [1.29, 1.82) is 0 Å². The number of aryl methyl sites for hydroxylation is 1. The van der Waals surface area contributed by atoms with Gasteiger partial charge >= 0.3 is 5.97 Å². The van der Waals surface area contributed by atoms with Gasteiger partial charge in [-0.3, -0.25) is 14.5 Å². The summed E-state index contributed by atoms with van der Waals surface area (Å²) in [6, 6.07) is 7.65. The summed E-state index contributed by atoms with van der Waals surface area (Å²) in [6.45, 7) is 3.76. The van der Waals surface area contributed by atoms with Crippen molar-refractivity contribution in [2.24, 2.45) is 5.92 Å². The van der Waals surface area contributed by atoms with E-state index in [-0.39, 0.29) is 18.2 Å². The molecule has 1 aromatic carbocycles. The Labute approximate surface area is 118 Å². The number of para-hydroxylation sites is 1. The van der Waals surface area contributed by atoms with E-state index in [1.807, 2.05) is 36.1 Å². The largest absolute Gasteiger partial charge is 0.481 e. The third-order valence-electron chi connectivity index (χ3n) is 3.62. The van der Waals surface area contributed by atoms with E-state index in [2.05, 4.69) is 5.32 Å². The summed E-state index contributed by atoms with van der Waals surface area (Å²) in [7, 11) is 0. The Hall–Kier alpha value is -1.88. The molecule has 1 heterocycles. The number of carboxylic acids is 1. The molecule has 1 saturated heterocycles. The normalized spacial score (nSPS) is 18.9. The van der Waals surface area contributed by atoms with Crippen molar-refractivity contribution in [3.63, 3.8) is 0 Å². The highest BCUT2D eigenvalue weighted by Crippen LogP contribution is 2.19. The van der Waals surface area contributed by atoms with Gasteiger partial charge in [0.15, 0.2) is 0 Å². The van der Waals surface area contributed by atoms with E-state index in [0.29, 0.717) is 13.1 Å². The molecule has 1 aliphatic heterocycles. The van der Waals surface area contributed by atoms with Crippen LogP contribution in [0.1, 0.15) is 18.4 Å². The van der Waals surface area contributed by atoms with E-state index in [0.717, 1.165) is 24.2 Å². The molecular weight excluding hydrogens is 256 g/mol. The quantitative estimate of drug-likeness (QED) is 0.859. The van der Waals surface area contributed by atoms with Crippen molar-refractivity contribution in [3.8, 4) is 0 Å². The molecular formula is C15H20N2O3. The van der Waals surface area contributed by atoms with Crippen LogP contribution >= 0.6 is 0 Å². The Morgan fingerprint density at radius 1 is 1.40 bits per heavy atom. The van der Waals surface area contributed by atoms with Crippen LogP contribution in [0.15, 0.2) is 24.3 Å². The predicted molar refractivity (Wildman–Crippen MR) is 76.6 cm³/mol. The number of carbonyl (C=O) groups is 2. The number of carboxylic acid groups (broad SMARTS) is 1. The monoisotopic (exact) mass is 276 g/mol. The molecule has 0 saturated carbocycles. The predicted octanol–water partition coefficient (Wildman–Crippen LogP) is 1.73. The molecule has 0 bridgehead atoms. The SMILES string of the molecule is Cc1ccccc1NC(=O)CN1CCC(CC(=O)O)C1. The number of amides is 1. The van der Waals surface area contributed by atoms with E-state index in [9.17, 15) is 9.59 Å². The molecule has 20 heavy (non-hydrogen) atoms. The molecule has 0 aliphatic carbocycles. The lowest BCUT2D eigenvalue weighted by atomic mass is 10.1. The van der Waals surface area contributed by atoms with E-state index in [4.69, 9.17) is 5.11 Å². The lowest BCUT2D eigenvalue weighted by Gasteiger charge is -2.16. The average Bonchev–Trinajstić information content (AvgIpc) is 2.78. The minimum absolute atomic E-state index is 0.0460. The van der Waals surface area contributed by atoms with Crippen LogP contribution in [0.25, 0.3) is 0 Å². The van der Waals surface area contributed by atoms with Crippen LogP contribution in [-0.4, -0.2) is 41.5 Å². The first-order chi connectivity index (χ1) is 9.54. The van der Waals surface area contributed by atoms with Gasteiger partial charge in [0.25, 0.3) is 0 Å². The fourth-order valence-corrected chi connectivity index (χ4v) is 2.58. The lowest BCUT2D eigenvalue weighted by Crippen LogP contribution is -2.31. The molecule has 1 fully saturated rings. The Morgan fingerprint density at radius 2 is 2.15 bits per heavy atom. The number of benzene rings is 1. The van der Waals surface area contributed by atoms with Crippen LogP contribution in [0.3, 0.4) is 0 Å². The van der Waals surface area contributed by atoms with Crippen LogP contribution in [0.5, 0.6) is 0 Å². The minimum atomic E-state index is -0.763. The van der Waals surface area contributed by atoms with Crippen LogP contribution in [0, 0.1) is 12.8 Å².